The third-order valence-electron chi connectivity index (χ3n) is 5.69. The molecule has 1 fully saturated rings. The van der Waals surface area contributed by atoms with E-state index in [0.717, 1.165) is 53.1 Å². The second kappa shape index (κ2) is 9.18. The number of nitrogens with one attached hydrogen (secondary N) is 2. The van der Waals surface area contributed by atoms with Crippen molar-refractivity contribution in [2.75, 3.05) is 29.1 Å². The summed E-state index contributed by atoms with van der Waals surface area (Å²) in [4.78, 5) is 31.2. The lowest BCUT2D eigenvalue weighted by Crippen LogP contribution is -2.25. The van der Waals surface area contributed by atoms with E-state index in [0.29, 0.717) is 12.3 Å². The van der Waals surface area contributed by atoms with Crippen molar-refractivity contribution >= 4 is 46.0 Å². The van der Waals surface area contributed by atoms with Crippen molar-refractivity contribution in [2.45, 2.75) is 30.4 Å². The number of amides is 2. The second-order valence-electron chi connectivity index (χ2n) is 7.94. The lowest BCUT2D eigenvalue weighted by Gasteiger charge is -2.20. The molecule has 1 unspecified atom stereocenters. The average molecular weight is 449 g/mol. The first kappa shape index (κ1) is 20.8. The SMILES string of the molecule is O=C1CSc2ccc(N3CC(CCCNCc4cccc5cccnc45)OC3=O)cc2N1. The van der Waals surface area contributed by atoms with Crippen molar-refractivity contribution in [3.8, 4) is 0 Å². The molecule has 0 bridgehead atoms. The van der Waals surface area contributed by atoms with Crippen molar-refractivity contribution in [1.29, 1.82) is 0 Å². The average Bonchev–Trinajstić information content (AvgIpc) is 3.18. The molecule has 3 heterocycles. The Morgan fingerprint density at radius 1 is 1.19 bits per heavy atom. The smallest absolute Gasteiger partial charge is 0.414 e. The van der Waals surface area contributed by atoms with E-state index in [1.165, 1.54) is 17.3 Å². The number of pyridine rings is 1. The number of rotatable bonds is 7. The summed E-state index contributed by atoms with van der Waals surface area (Å²) in [6.07, 6.45) is 3.05. The molecule has 8 heteroatoms. The van der Waals surface area contributed by atoms with Crippen molar-refractivity contribution in [3.63, 3.8) is 0 Å². The number of hydrogen-bond acceptors (Lipinski definition) is 6. The Morgan fingerprint density at radius 3 is 3.03 bits per heavy atom. The van der Waals surface area contributed by atoms with Crippen molar-refractivity contribution < 1.29 is 14.3 Å². The summed E-state index contributed by atoms with van der Waals surface area (Å²) in [5.41, 5.74) is 3.72. The minimum atomic E-state index is -0.334. The van der Waals surface area contributed by atoms with Gasteiger partial charge in [0.1, 0.15) is 6.10 Å². The molecule has 1 aromatic heterocycles. The Balaban J connectivity index is 1.11. The van der Waals surface area contributed by atoms with Gasteiger partial charge in [0.2, 0.25) is 5.91 Å². The molecule has 2 amide bonds. The standard InChI is InChI=1S/C24H24N4O3S/c29-22-15-32-21-9-8-18(12-20(21)27-22)28-14-19(31-24(28)30)7-3-10-25-13-17-5-1-4-16-6-2-11-26-23(16)17/h1-2,4-6,8-9,11-12,19,25H,3,7,10,13-15H2,(H,27,29). The summed E-state index contributed by atoms with van der Waals surface area (Å²) in [6.45, 7) is 2.11. The van der Waals surface area contributed by atoms with Crippen LogP contribution >= 0.6 is 11.8 Å². The van der Waals surface area contributed by atoms with E-state index >= 15 is 0 Å². The predicted molar refractivity (Wildman–Crippen MR) is 126 cm³/mol. The van der Waals surface area contributed by atoms with E-state index in [9.17, 15) is 9.59 Å². The molecule has 2 aliphatic heterocycles. The summed E-state index contributed by atoms with van der Waals surface area (Å²) in [6, 6.07) is 15.9. The predicted octanol–water partition coefficient (Wildman–Crippen LogP) is 4.17. The fraction of sp³-hybridized carbons (Fsp3) is 0.292. The molecule has 32 heavy (non-hydrogen) atoms. The molecule has 5 rings (SSSR count). The summed E-state index contributed by atoms with van der Waals surface area (Å²) in [7, 11) is 0. The van der Waals surface area contributed by atoms with Gasteiger partial charge in [0.25, 0.3) is 0 Å². The van der Waals surface area contributed by atoms with Gasteiger partial charge in [0, 0.05) is 28.7 Å². The third-order valence-corrected chi connectivity index (χ3v) is 6.77. The van der Waals surface area contributed by atoms with Crippen molar-refractivity contribution in [2.24, 2.45) is 0 Å². The van der Waals surface area contributed by atoms with Gasteiger partial charge in [0.15, 0.2) is 0 Å². The Kier molecular flexibility index (Phi) is 5.96. The van der Waals surface area contributed by atoms with E-state index < -0.39 is 0 Å². The molecule has 0 aliphatic carbocycles. The molecule has 2 N–H and O–H groups in total. The van der Waals surface area contributed by atoms with E-state index in [4.69, 9.17) is 4.74 Å². The van der Waals surface area contributed by atoms with Crippen molar-refractivity contribution in [3.05, 3.63) is 60.3 Å². The minimum absolute atomic E-state index is 0.0201. The number of cyclic esters (lactones) is 1. The van der Waals surface area contributed by atoms with Crippen LogP contribution in [0.1, 0.15) is 18.4 Å². The molecular weight excluding hydrogens is 424 g/mol. The van der Waals surface area contributed by atoms with Gasteiger partial charge in [-0.2, -0.15) is 0 Å². The highest BCUT2D eigenvalue weighted by atomic mass is 32.2. The zero-order valence-corrected chi connectivity index (χ0v) is 18.4. The first-order valence-electron chi connectivity index (χ1n) is 10.8. The molecule has 7 nitrogen and oxygen atoms in total. The number of thioether (sulfide) groups is 1. The van der Waals surface area contributed by atoms with Gasteiger partial charge in [-0.25, -0.2) is 4.79 Å². The van der Waals surface area contributed by atoms with E-state index in [-0.39, 0.29) is 18.1 Å². The maximum Gasteiger partial charge on any atom is 0.414 e. The number of fused-ring (bicyclic) bond motifs is 2. The molecule has 164 valence electrons. The molecule has 3 aromatic rings. The third kappa shape index (κ3) is 4.42. The summed E-state index contributed by atoms with van der Waals surface area (Å²) in [5, 5.41) is 7.49. The molecule has 2 aliphatic rings. The highest BCUT2D eigenvalue weighted by molar-refractivity contribution is 8.00. The van der Waals surface area contributed by atoms with Gasteiger partial charge >= 0.3 is 6.09 Å². The maximum absolute atomic E-state index is 12.4. The first-order valence-corrected chi connectivity index (χ1v) is 11.7. The quantitative estimate of drug-likeness (QED) is 0.528. The molecule has 0 saturated carbocycles. The van der Waals surface area contributed by atoms with Crippen LogP contribution < -0.4 is 15.5 Å². The van der Waals surface area contributed by atoms with Gasteiger partial charge in [-0.1, -0.05) is 24.3 Å². The van der Waals surface area contributed by atoms with Crippen LogP contribution in [-0.2, 0) is 16.1 Å². The molecular formula is C24H24N4O3S. The number of nitrogens with zero attached hydrogens (tertiary/aromatic N) is 2. The zero-order chi connectivity index (χ0) is 21.9. The largest absolute Gasteiger partial charge is 0.444 e. The van der Waals surface area contributed by atoms with E-state index in [1.54, 1.807) is 4.90 Å². The topological polar surface area (TPSA) is 83.6 Å². The number of para-hydroxylation sites is 1. The number of anilines is 2. The fourth-order valence-electron chi connectivity index (χ4n) is 4.11. The van der Waals surface area contributed by atoms with Crippen molar-refractivity contribution in [1.82, 2.24) is 10.3 Å². The van der Waals surface area contributed by atoms with Gasteiger partial charge < -0.3 is 15.4 Å². The van der Waals surface area contributed by atoms with Gasteiger partial charge in [-0.3, -0.25) is 14.7 Å². The van der Waals surface area contributed by atoms with E-state index in [2.05, 4.69) is 39.9 Å². The van der Waals surface area contributed by atoms with Gasteiger partial charge in [-0.05, 0) is 49.2 Å². The lowest BCUT2D eigenvalue weighted by atomic mass is 10.1. The molecule has 1 atom stereocenters. The highest BCUT2D eigenvalue weighted by Crippen LogP contribution is 2.35. The second-order valence-corrected chi connectivity index (χ2v) is 8.96. The first-order chi connectivity index (χ1) is 15.7. The summed E-state index contributed by atoms with van der Waals surface area (Å²) < 4.78 is 5.57. The van der Waals surface area contributed by atoms with Gasteiger partial charge in [0.05, 0.1) is 23.5 Å². The van der Waals surface area contributed by atoms with E-state index in [1.807, 2.05) is 30.5 Å². The van der Waals surface area contributed by atoms with Gasteiger partial charge in [-0.15, -0.1) is 11.8 Å². The highest BCUT2D eigenvalue weighted by Gasteiger charge is 2.32. The van der Waals surface area contributed by atoms with Crippen LogP contribution in [0.4, 0.5) is 16.2 Å². The van der Waals surface area contributed by atoms with Crippen LogP contribution in [0, 0.1) is 0 Å². The molecule has 1 saturated heterocycles. The Bertz CT molecular complexity index is 1160. The number of hydrogen-bond donors (Lipinski definition) is 2. The van der Waals surface area contributed by atoms with Crippen LogP contribution in [0.25, 0.3) is 10.9 Å². The minimum Gasteiger partial charge on any atom is -0.444 e. The normalized spacial score (nSPS) is 17.9. The number of carbonyl (C=O) groups is 2. The fourth-order valence-corrected chi connectivity index (χ4v) is 4.90. The number of aromatic nitrogens is 1. The summed E-state index contributed by atoms with van der Waals surface area (Å²) >= 11 is 1.51. The van der Waals surface area contributed by atoms with Crippen LogP contribution in [0.3, 0.4) is 0 Å². The monoisotopic (exact) mass is 448 g/mol. The summed E-state index contributed by atoms with van der Waals surface area (Å²) in [5.74, 6) is 0.402. The Morgan fingerprint density at radius 2 is 2.09 bits per heavy atom. The Labute approximate surface area is 190 Å². The molecule has 0 spiro atoms. The number of ether oxygens (including phenoxy) is 1. The van der Waals surface area contributed by atoms with Crippen LogP contribution in [-0.4, -0.2) is 41.9 Å². The number of benzene rings is 2. The lowest BCUT2D eigenvalue weighted by molar-refractivity contribution is -0.113. The number of carbonyl (C=O) groups excluding carboxylic acids is 2. The Hall–Kier alpha value is -3.10. The molecule has 2 aromatic carbocycles. The zero-order valence-electron chi connectivity index (χ0n) is 17.5. The molecule has 0 radical (unpaired) electrons. The van der Waals surface area contributed by atoms with Crippen LogP contribution in [0.15, 0.2) is 59.6 Å². The maximum atomic E-state index is 12.4. The van der Waals surface area contributed by atoms with Crippen LogP contribution in [0.2, 0.25) is 0 Å². The van der Waals surface area contributed by atoms with Crippen LogP contribution in [0.5, 0.6) is 0 Å².